The van der Waals surface area contributed by atoms with Gasteiger partial charge in [-0.1, -0.05) is 11.6 Å². The molecule has 2 rings (SSSR count). The Kier molecular flexibility index (Phi) is 3.43. The molecule has 1 amide bonds. The second-order valence-corrected chi connectivity index (χ2v) is 4.74. The summed E-state index contributed by atoms with van der Waals surface area (Å²) in [5.74, 6) is -0.0986. The number of hydrogen-bond donors (Lipinski definition) is 1. The second kappa shape index (κ2) is 4.86. The highest BCUT2D eigenvalue weighted by Crippen LogP contribution is 2.17. The fourth-order valence-electron chi connectivity index (χ4n) is 1.82. The van der Waals surface area contributed by atoms with E-state index in [0.29, 0.717) is 10.6 Å². The smallest absolute Gasteiger partial charge is 0.257 e. The third kappa shape index (κ3) is 2.41. The van der Waals surface area contributed by atoms with Crippen LogP contribution in [0.15, 0.2) is 30.3 Å². The zero-order chi connectivity index (χ0) is 13.3. The Balaban J connectivity index is 2.22. The van der Waals surface area contributed by atoms with Crippen molar-refractivity contribution in [2.75, 3.05) is 5.32 Å². The number of aryl methyl sites for hydroxylation is 1. The summed E-state index contributed by atoms with van der Waals surface area (Å²) in [6.07, 6.45) is 0. The molecule has 0 aliphatic rings. The lowest BCUT2D eigenvalue weighted by Crippen LogP contribution is -2.12. The molecule has 0 fully saturated rings. The van der Waals surface area contributed by atoms with Crippen molar-refractivity contribution in [1.29, 1.82) is 0 Å². The Morgan fingerprint density at radius 2 is 1.83 bits per heavy atom. The number of amides is 1. The Hall–Kier alpha value is -1.74. The standard InChI is InChI=1S/C14H15ClN2O/c1-9-8-13(10(2)17(9)3)14(18)16-12-6-4-11(15)5-7-12/h4-8H,1-3H3,(H,16,18). The minimum absolute atomic E-state index is 0.0986. The zero-order valence-electron chi connectivity index (χ0n) is 10.6. The van der Waals surface area contributed by atoms with Gasteiger partial charge in [-0.05, 0) is 44.2 Å². The van der Waals surface area contributed by atoms with E-state index in [-0.39, 0.29) is 5.91 Å². The second-order valence-electron chi connectivity index (χ2n) is 4.30. The molecule has 94 valence electrons. The molecule has 0 saturated heterocycles. The molecule has 0 aliphatic carbocycles. The van der Waals surface area contributed by atoms with Crippen LogP contribution in [0, 0.1) is 13.8 Å². The lowest BCUT2D eigenvalue weighted by Gasteiger charge is -2.05. The van der Waals surface area contributed by atoms with Crippen LogP contribution in [0.1, 0.15) is 21.7 Å². The molecule has 0 saturated carbocycles. The van der Waals surface area contributed by atoms with Crippen LogP contribution in [0.2, 0.25) is 5.02 Å². The molecule has 0 atom stereocenters. The van der Waals surface area contributed by atoms with Crippen LogP contribution in [0.3, 0.4) is 0 Å². The molecule has 0 spiro atoms. The van der Waals surface area contributed by atoms with Gasteiger partial charge in [-0.2, -0.15) is 0 Å². The van der Waals surface area contributed by atoms with Crippen molar-refractivity contribution in [3.05, 3.63) is 52.3 Å². The Morgan fingerprint density at radius 3 is 2.33 bits per heavy atom. The van der Waals surface area contributed by atoms with Crippen LogP contribution in [0.25, 0.3) is 0 Å². The Morgan fingerprint density at radius 1 is 1.22 bits per heavy atom. The van der Waals surface area contributed by atoms with Gasteiger partial charge in [0.2, 0.25) is 0 Å². The van der Waals surface area contributed by atoms with E-state index in [2.05, 4.69) is 5.32 Å². The van der Waals surface area contributed by atoms with E-state index in [4.69, 9.17) is 11.6 Å². The van der Waals surface area contributed by atoms with E-state index in [1.165, 1.54) is 0 Å². The largest absolute Gasteiger partial charge is 0.351 e. The van der Waals surface area contributed by atoms with E-state index in [0.717, 1.165) is 17.1 Å². The van der Waals surface area contributed by atoms with Crippen molar-refractivity contribution in [2.24, 2.45) is 7.05 Å². The molecular formula is C14H15ClN2O. The average molecular weight is 263 g/mol. The Bertz CT molecular complexity index is 585. The normalized spacial score (nSPS) is 10.4. The highest BCUT2D eigenvalue weighted by Gasteiger charge is 2.13. The molecule has 1 N–H and O–H groups in total. The minimum Gasteiger partial charge on any atom is -0.351 e. The first kappa shape index (κ1) is 12.7. The van der Waals surface area contributed by atoms with Gasteiger partial charge in [0, 0.05) is 29.1 Å². The summed E-state index contributed by atoms with van der Waals surface area (Å²) in [6.45, 7) is 3.91. The van der Waals surface area contributed by atoms with Crippen molar-refractivity contribution in [3.8, 4) is 0 Å². The third-order valence-electron chi connectivity index (χ3n) is 3.12. The first-order valence-corrected chi connectivity index (χ1v) is 6.06. The van der Waals surface area contributed by atoms with E-state index >= 15 is 0 Å². The number of nitrogens with one attached hydrogen (secondary N) is 1. The number of aromatic nitrogens is 1. The average Bonchev–Trinajstić information content (AvgIpc) is 2.60. The molecular weight excluding hydrogens is 248 g/mol. The number of hydrogen-bond acceptors (Lipinski definition) is 1. The van der Waals surface area contributed by atoms with E-state index in [1.54, 1.807) is 24.3 Å². The van der Waals surface area contributed by atoms with E-state index in [9.17, 15) is 4.79 Å². The van der Waals surface area contributed by atoms with Crippen LogP contribution in [-0.4, -0.2) is 10.5 Å². The summed E-state index contributed by atoms with van der Waals surface area (Å²) in [7, 11) is 1.95. The van der Waals surface area contributed by atoms with Gasteiger partial charge >= 0.3 is 0 Å². The highest BCUT2D eigenvalue weighted by atomic mass is 35.5. The van der Waals surface area contributed by atoms with Crippen LogP contribution >= 0.6 is 11.6 Å². The number of benzene rings is 1. The molecule has 1 aromatic heterocycles. The molecule has 2 aromatic rings. The third-order valence-corrected chi connectivity index (χ3v) is 3.37. The summed E-state index contributed by atoms with van der Waals surface area (Å²) in [5.41, 5.74) is 3.46. The summed E-state index contributed by atoms with van der Waals surface area (Å²) in [5, 5.41) is 3.51. The maximum atomic E-state index is 12.1. The van der Waals surface area contributed by atoms with Crippen molar-refractivity contribution in [3.63, 3.8) is 0 Å². The summed E-state index contributed by atoms with van der Waals surface area (Å²) >= 11 is 5.80. The van der Waals surface area contributed by atoms with Crippen molar-refractivity contribution < 1.29 is 4.79 Å². The van der Waals surface area contributed by atoms with Gasteiger partial charge in [0.25, 0.3) is 5.91 Å². The summed E-state index contributed by atoms with van der Waals surface area (Å²) in [4.78, 5) is 12.1. The van der Waals surface area contributed by atoms with E-state index in [1.807, 2.05) is 31.5 Å². The minimum atomic E-state index is -0.0986. The van der Waals surface area contributed by atoms with Crippen molar-refractivity contribution in [2.45, 2.75) is 13.8 Å². The topological polar surface area (TPSA) is 34.0 Å². The molecule has 0 radical (unpaired) electrons. The van der Waals surface area contributed by atoms with Crippen LogP contribution in [0.4, 0.5) is 5.69 Å². The molecule has 4 heteroatoms. The van der Waals surface area contributed by atoms with Gasteiger partial charge in [0.15, 0.2) is 0 Å². The fourth-order valence-corrected chi connectivity index (χ4v) is 1.94. The zero-order valence-corrected chi connectivity index (χ0v) is 11.4. The quantitative estimate of drug-likeness (QED) is 0.882. The van der Waals surface area contributed by atoms with Crippen molar-refractivity contribution >= 4 is 23.2 Å². The maximum Gasteiger partial charge on any atom is 0.257 e. The number of rotatable bonds is 2. The first-order chi connectivity index (χ1) is 8.49. The molecule has 1 aromatic carbocycles. The predicted molar refractivity (Wildman–Crippen MR) is 74.3 cm³/mol. The molecule has 0 unspecified atom stereocenters. The number of carbonyl (C=O) groups excluding carboxylic acids is 1. The maximum absolute atomic E-state index is 12.1. The van der Waals surface area contributed by atoms with Crippen LogP contribution in [-0.2, 0) is 7.05 Å². The van der Waals surface area contributed by atoms with Gasteiger partial charge < -0.3 is 9.88 Å². The monoisotopic (exact) mass is 262 g/mol. The van der Waals surface area contributed by atoms with E-state index < -0.39 is 0 Å². The molecule has 1 heterocycles. The van der Waals surface area contributed by atoms with Gasteiger partial charge in [-0.15, -0.1) is 0 Å². The fraction of sp³-hybridized carbons (Fsp3) is 0.214. The van der Waals surface area contributed by atoms with Crippen molar-refractivity contribution in [1.82, 2.24) is 4.57 Å². The number of carbonyl (C=O) groups is 1. The first-order valence-electron chi connectivity index (χ1n) is 5.69. The molecule has 18 heavy (non-hydrogen) atoms. The molecule has 0 aliphatic heterocycles. The number of nitrogens with zero attached hydrogens (tertiary/aromatic N) is 1. The lowest BCUT2D eigenvalue weighted by molar-refractivity contribution is 0.102. The SMILES string of the molecule is Cc1cc(C(=O)Nc2ccc(Cl)cc2)c(C)n1C. The Labute approximate surface area is 111 Å². The molecule has 3 nitrogen and oxygen atoms in total. The summed E-state index contributed by atoms with van der Waals surface area (Å²) < 4.78 is 2.00. The van der Waals surface area contributed by atoms with Crippen LogP contribution < -0.4 is 5.32 Å². The van der Waals surface area contributed by atoms with Gasteiger partial charge in [0.05, 0.1) is 5.56 Å². The highest BCUT2D eigenvalue weighted by molar-refractivity contribution is 6.30. The summed E-state index contributed by atoms with van der Waals surface area (Å²) in [6, 6.07) is 8.96. The number of anilines is 1. The predicted octanol–water partition coefficient (Wildman–Crippen LogP) is 3.55. The van der Waals surface area contributed by atoms with Crippen LogP contribution in [0.5, 0.6) is 0 Å². The lowest BCUT2D eigenvalue weighted by atomic mass is 10.2. The van der Waals surface area contributed by atoms with Gasteiger partial charge in [-0.3, -0.25) is 4.79 Å². The van der Waals surface area contributed by atoms with Gasteiger partial charge in [0.1, 0.15) is 0 Å². The van der Waals surface area contributed by atoms with Gasteiger partial charge in [-0.25, -0.2) is 0 Å². The number of halogens is 1. The molecule has 0 bridgehead atoms.